The number of fused-ring (bicyclic) bond motifs is 1. The number of nitrogens with zero attached hydrogens (tertiary/aromatic N) is 2. The first-order valence-electron chi connectivity index (χ1n) is 7.86. The number of hydrazone groups is 1. The summed E-state index contributed by atoms with van der Waals surface area (Å²) in [4.78, 5) is 15.3. The van der Waals surface area contributed by atoms with Crippen LogP contribution in [0.5, 0.6) is 0 Å². The topological polar surface area (TPSA) is 90.5 Å². The SMILES string of the molecule is O=C([O-])c1ccc(-c2ccc(/C=N\Nc3nc4ccccc4s3)o2)cc1Cl. The zero-order valence-electron chi connectivity index (χ0n) is 13.7. The number of nitrogens with one attached hydrogen (secondary N) is 1. The minimum absolute atomic E-state index is 0.0613. The van der Waals surface area contributed by atoms with Gasteiger partial charge in [0.05, 0.1) is 27.4 Å². The van der Waals surface area contributed by atoms with Crippen LogP contribution in [-0.4, -0.2) is 17.2 Å². The molecule has 134 valence electrons. The number of carboxylic acid groups (broad SMARTS) is 1. The Morgan fingerprint density at radius 3 is 2.85 bits per heavy atom. The van der Waals surface area contributed by atoms with Gasteiger partial charge in [0.2, 0.25) is 5.13 Å². The fourth-order valence-corrected chi connectivity index (χ4v) is 3.56. The first kappa shape index (κ1) is 17.3. The van der Waals surface area contributed by atoms with E-state index in [9.17, 15) is 9.90 Å². The molecule has 0 spiro atoms. The van der Waals surface area contributed by atoms with E-state index in [4.69, 9.17) is 16.0 Å². The van der Waals surface area contributed by atoms with Crippen LogP contribution in [0.1, 0.15) is 16.1 Å². The third-order valence-corrected chi connectivity index (χ3v) is 5.00. The highest BCUT2D eigenvalue weighted by molar-refractivity contribution is 7.22. The molecule has 0 radical (unpaired) electrons. The molecule has 8 heteroatoms. The number of hydrogen-bond donors (Lipinski definition) is 1. The number of para-hydroxylation sites is 1. The van der Waals surface area contributed by atoms with Gasteiger partial charge in [-0.25, -0.2) is 4.98 Å². The molecule has 0 saturated heterocycles. The number of carboxylic acids is 1. The first-order valence-corrected chi connectivity index (χ1v) is 9.05. The average molecular weight is 397 g/mol. The Labute approximate surface area is 162 Å². The molecule has 0 aliphatic heterocycles. The van der Waals surface area contributed by atoms with E-state index in [1.54, 1.807) is 18.2 Å². The molecule has 0 amide bonds. The quantitative estimate of drug-likeness (QED) is 0.406. The Hall–Kier alpha value is -3.16. The number of hydrogen-bond acceptors (Lipinski definition) is 7. The number of halogens is 1. The summed E-state index contributed by atoms with van der Waals surface area (Å²) in [6.45, 7) is 0. The summed E-state index contributed by atoms with van der Waals surface area (Å²) >= 11 is 7.47. The van der Waals surface area contributed by atoms with Crippen molar-refractivity contribution in [2.45, 2.75) is 0 Å². The van der Waals surface area contributed by atoms with Crippen molar-refractivity contribution in [2.24, 2.45) is 5.10 Å². The number of benzene rings is 2. The zero-order valence-corrected chi connectivity index (χ0v) is 15.3. The van der Waals surface area contributed by atoms with Crippen molar-refractivity contribution in [2.75, 3.05) is 5.43 Å². The van der Waals surface area contributed by atoms with Crippen LogP contribution in [0.25, 0.3) is 21.5 Å². The van der Waals surface area contributed by atoms with Gasteiger partial charge in [-0.2, -0.15) is 5.10 Å². The molecule has 1 N–H and O–H groups in total. The van der Waals surface area contributed by atoms with Gasteiger partial charge in [0.25, 0.3) is 0 Å². The monoisotopic (exact) mass is 396 g/mol. The molecule has 0 saturated carbocycles. The Morgan fingerprint density at radius 2 is 2.07 bits per heavy atom. The molecule has 2 aromatic carbocycles. The fraction of sp³-hybridized carbons (Fsp3) is 0. The highest BCUT2D eigenvalue weighted by Crippen LogP contribution is 2.27. The summed E-state index contributed by atoms with van der Waals surface area (Å²) < 4.78 is 6.77. The smallest absolute Gasteiger partial charge is 0.204 e. The van der Waals surface area contributed by atoms with Crippen molar-refractivity contribution >= 4 is 50.5 Å². The van der Waals surface area contributed by atoms with Crippen LogP contribution in [0.4, 0.5) is 5.13 Å². The van der Waals surface area contributed by atoms with Gasteiger partial charge in [-0.05, 0) is 30.3 Å². The van der Waals surface area contributed by atoms with Gasteiger partial charge in [-0.1, -0.05) is 47.2 Å². The number of aromatic carboxylic acids is 1. The predicted molar refractivity (Wildman–Crippen MR) is 104 cm³/mol. The van der Waals surface area contributed by atoms with Crippen LogP contribution in [0, 0.1) is 0 Å². The lowest BCUT2D eigenvalue weighted by molar-refractivity contribution is -0.255. The lowest BCUT2D eigenvalue weighted by Crippen LogP contribution is -2.22. The number of furan rings is 1. The summed E-state index contributed by atoms with van der Waals surface area (Å²) in [7, 11) is 0. The minimum Gasteiger partial charge on any atom is -0.545 e. The van der Waals surface area contributed by atoms with E-state index in [0.717, 1.165) is 10.2 Å². The fourth-order valence-electron chi connectivity index (χ4n) is 2.48. The van der Waals surface area contributed by atoms with E-state index in [1.165, 1.54) is 29.7 Å². The van der Waals surface area contributed by atoms with Gasteiger partial charge in [0.15, 0.2) is 0 Å². The second kappa shape index (κ2) is 7.22. The van der Waals surface area contributed by atoms with E-state index < -0.39 is 5.97 Å². The van der Waals surface area contributed by atoms with Crippen LogP contribution in [-0.2, 0) is 0 Å². The molecule has 2 aromatic heterocycles. The third-order valence-electron chi connectivity index (χ3n) is 3.75. The van der Waals surface area contributed by atoms with Crippen LogP contribution < -0.4 is 10.5 Å². The van der Waals surface area contributed by atoms with E-state index in [1.807, 2.05) is 24.3 Å². The lowest BCUT2D eigenvalue weighted by Gasteiger charge is -2.06. The van der Waals surface area contributed by atoms with Gasteiger partial charge < -0.3 is 14.3 Å². The number of anilines is 1. The maximum atomic E-state index is 10.9. The summed E-state index contributed by atoms with van der Waals surface area (Å²) in [6, 6.07) is 15.9. The second-order valence-electron chi connectivity index (χ2n) is 5.54. The minimum atomic E-state index is -1.32. The van der Waals surface area contributed by atoms with Gasteiger partial charge in [0, 0.05) is 11.1 Å². The van der Waals surface area contributed by atoms with E-state index >= 15 is 0 Å². The Bertz CT molecular complexity index is 1130. The number of aromatic nitrogens is 1. The van der Waals surface area contributed by atoms with Crippen molar-refractivity contribution in [3.05, 3.63) is 70.9 Å². The van der Waals surface area contributed by atoms with Crippen molar-refractivity contribution in [1.82, 2.24) is 4.98 Å². The van der Waals surface area contributed by atoms with Gasteiger partial charge >= 0.3 is 0 Å². The highest BCUT2D eigenvalue weighted by Gasteiger charge is 2.08. The standard InChI is InChI=1S/C19H12ClN3O3S/c20-14-9-11(5-7-13(14)18(24)25)16-8-6-12(26-16)10-21-23-19-22-15-3-1-2-4-17(15)27-19/h1-10H,(H,22,23)(H,24,25)/p-1/b21-10-. The number of rotatable bonds is 5. The molecule has 0 aliphatic carbocycles. The zero-order chi connectivity index (χ0) is 18.8. The molecule has 0 aliphatic rings. The third kappa shape index (κ3) is 3.69. The summed E-state index contributed by atoms with van der Waals surface area (Å²) in [5, 5.41) is 15.8. The van der Waals surface area contributed by atoms with Crippen molar-refractivity contribution < 1.29 is 14.3 Å². The summed E-state index contributed by atoms with van der Waals surface area (Å²) in [5.41, 5.74) is 4.39. The number of carbonyl (C=O) groups is 1. The largest absolute Gasteiger partial charge is 0.545 e. The Kier molecular flexibility index (Phi) is 4.62. The normalized spacial score (nSPS) is 11.3. The van der Waals surface area contributed by atoms with Crippen LogP contribution >= 0.6 is 22.9 Å². The molecular weight excluding hydrogens is 386 g/mol. The second-order valence-corrected chi connectivity index (χ2v) is 6.98. The molecule has 4 aromatic rings. The maximum absolute atomic E-state index is 10.9. The highest BCUT2D eigenvalue weighted by atomic mass is 35.5. The van der Waals surface area contributed by atoms with Crippen molar-refractivity contribution in [3.63, 3.8) is 0 Å². The molecular formula is C19H11ClN3O3S-. The van der Waals surface area contributed by atoms with E-state index in [-0.39, 0.29) is 10.6 Å². The molecule has 0 unspecified atom stereocenters. The van der Waals surface area contributed by atoms with Gasteiger partial charge in [-0.15, -0.1) is 0 Å². The predicted octanol–water partition coefficient (Wildman–Crippen LogP) is 4.02. The van der Waals surface area contributed by atoms with Crippen molar-refractivity contribution in [3.8, 4) is 11.3 Å². The molecule has 2 heterocycles. The maximum Gasteiger partial charge on any atom is 0.204 e. The lowest BCUT2D eigenvalue weighted by atomic mass is 10.1. The number of carbonyl (C=O) groups excluding carboxylic acids is 1. The molecule has 4 rings (SSSR count). The molecule has 0 bridgehead atoms. The Balaban J connectivity index is 1.48. The van der Waals surface area contributed by atoms with Crippen LogP contribution in [0.15, 0.2) is 64.1 Å². The van der Waals surface area contributed by atoms with E-state index in [0.29, 0.717) is 22.2 Å². The summed E-state index contributed by atoms with van der Waals surface area (Å²) in [5.74, 6) is -0.248. The molecule has 0 atom stereocenters. The molecule has 27 heavy (non-hydrogen) atoms. The molecule has 6 nitrogen and oxygen atoms in total. The van der Waals surface area contributed by atoms with Gasteiger partial charge in [-0.3, -0.25) is 5.43 Å². The van der Waals surface area contributed by atoms with Crippen molar-refractivity contribution in [1.29, 1.82) is 0 Å². The average Bonchev–Trinajstić information content (AvgIpc) is 3.28. The first-order chi connectivity index (χ1) is 13.1. The summed E-state index contributed by atoms with van der Waals surface area (Å²) in [6.07, 6.45) is 1.53. The molecule has 0 fully saturated rings. The van der Waals surface area contributed by atoms with Crippen LogP contribution in [0.3, 0.4) is 0 Å². The van der Waals surface area contributed by atoms with Crippen LogP contribution in [0.2, 0.25) is 5.02 Å². The Morgan fingerprint density at radius 1 is 1.22 bits per heavy atom. The van der Waals surface area contributed by atoms with Gasteiger partial charge in [0.1, 0.15) is 11.5 Å². The van der Waals surface area contributed by atoms with E-state index in [2.05, 4.69) is 15.5 Å². The number of thiazole rings is 1.